The minimum absolute atomic E-state index is 0.0892. The highest BCUT2D eigenvalue weighted by Gasteiger charge is 2.06. The molecule has 0 amide bonds. The van der Waals surface area contributed by atoms with Crippen LogP contribution in [0.15, 0.2) is 62.8 Å². The van der Waals surface area contributed by atoms with Gasteiger partial charge in [0.2, 0.25) is 0 Å². The molecule has 0 atom stereocenters. The Hall–Kier alpha value is -2.20. The van der Waals surface area contributed by atoms with Crippen LogP contribution >= 0.6 is 11.8 Å². The average Bonchev–Trinajstić information content (AvgIpc) is 2.46. The van der Waals surface area contributed by atoms with Crippen LogP contribution in [-0.2, 0) is 5.75 Å². The van der Waals surface area contributed by atoms with Crippen LogP contribution < -0.4 is 5.43 Å². The summed E-state index contributed by atoms with van der Waals surface area (Å²) in [6, 6.07) is 14.3. The predicted molar refractivity (Wildman–Crippen MR) is 84.9 cm³/mol. The second-order valence-electron chi connectivity index (χ2n) is 4.88. The topological polar surface area (TPSA) is 50.4 Å². The molecule has 0 bridgehead atoms. The second kappa shape index (κ2) is 5.66. The van der Waals surface area contributed by atoms with Crippen molar-refractivity contribution >= 4 is 22.7 Å². The summed E-state index contributed by atoms with van der Waals surface area (Å²) in [5.74, 6) is 0.819. The molecule has 2 aromatic carbocycles. The predicted octanol–water partition coefficient (Wildman–Crippen LogP) is 4.10. The quantitative estimate of drug-likeness (QED) is 0.740. The molecular weight excluding hydrogens is 284 g/mol. The van der Waals surface area contributed by atoms with E-state index in [4.69, 9.17) is 4.42 Å². The monoisotopic (exact) mass is 298 g/mol. The maximum absolute atomic E-state index is 12.0. The largest absolute Gasteiger partial charge is 0.508 e. The molecule has 1 aromatic heterocycles. The maximum Gasteiger partial charge on any atom is 0.193 e. The van der Waals surface area contributed by atoms with Crippen LogP contribution in [0.5, 0.6) is 5.75 Å². The number of aromatic hydroxyl groups is 1. The minimum Gasteiger partial charge on any atom is -0.508 e. The van der Waals surface area contributed by atoms with E-state index in [0.717, 1.165) is 5.75 Å². The second-order valence-corrected chi connectivity index (χ2v) is 5.86. The summed E-state index contributed by atoms with van der Waals surface area (Å²) < 4.78 is 5.67. The first-order chi connectivity index (χ1) is 10.1. The summed E-state index contributed by atoms with van der Waals surface area (Å²) >= 11 is 1.47. The number of thioether (sulfide) groups is 1. The SMILES string of the molecule is Cc1ccc(CSc2cc(=O)c3ccc(O)cc3o2)cc1. The number of fused-ring (bicyclic) bond motifs is 1. The average molecular weight is 298 g/mol. The van der Waals surface area contributed by atoms with E-state index < -0.39 is 0 Å². The van der Waals surface area contributed by atoms with Gasteiger partial charge < -0.3 is 9.52 Å². The standard InChI is InChI=1S/C17H14O3S/c1-11-2-4-12(5-3-11)10-21-17-9-15(19)14-7-6-13(18)8-16(14)20-17/h2-9,18H,10H2,1H3. The van der Waals surface area contributed by atoms with Crippen molar-refractivity contribution in [2.75, 3.05) is 0 Å². The van der Waals surface area contributed by atoms with Crippen LogP contribution in [0.3, 0.4) is 0 Å². The molecule has 3 nitrogen and oxygen atoms in total. The number of phenols is 1. The molecule has 106 valence electrons. The van der Waals surface area contributed by atoms with E-state index in [1.54, 1.807) is 6.07 Å². The van der Waals surface area contributed by atoms with Gasteiger partial charge in [0.15, 0.2) is 10.5 Å². The van der Waals surface area contributed by atoms with Gasteiger partial charge >= 0.3 is 0 Å². The lowest BCUT2D eigenvalue weighted by Crippen LogP contribution is -1.99. The van der Waals surface area contributed by atoms with Crippen molar-refractivity contribution in [3.05, 3.63) is 69.9 Å². The molecule has 0 aliphatic rings. The summed E-state index contributed by atoms with van der Waals surface area (Å²) in [5.41, 5.74) is 2.71. The highest BCUT2D eigenvalue weighted by atomic mass is 32.2. The third-order valence-corrected chi connectivity index (χ3v) is 4.16. The van der Waals surface area contributed by atoms with E-state index in [0.29, 0.717) is 16.1 Å². The van der Waals surface area contributed by atoms with Crippen molar-refractivity contribution in [1.29, 1.82) is 0 Å². The Morgan fingerprint density at radius 1 is 1.10 bits per heavy atom. The Morgan fingerprint density at radius 2 is 1.86 bits per heavy atom. The van der Waals surface area contributed by atoms with Gasteiger partial charge in [0.05, 0.1) is 5.39 Å². The van der Waals surface area contributed by atoms with Crippen LogP contribution in [0.2, 0.25) is 0 Å². The van der Waals surface area contributed by atoms with Crippen LogP contribution in [0.1, 0.15) is 11.1 Å². The Morgan fingerprint density at radius 3 is 2.62 bits per heavy atom. The lowest BCUT2D eigenvalue weighted by molar-refractivity contribution is 0.468. The van der Waals surface area contributed by atoms with Crippen LogP contribution in [-0.4, -0.2) is 5.11 Å². The zero-order valence-electron chi connectivity index (χ0n) is 11.5. The summed E-state index contributed by atoms with van der Waals surface area (Å²) in [4.78, 5) is 12.0. The number of benzene rings is 2. The Bertz CT molecular complexity index is 835. The molecule has 0 radical (unpaired) electrons. The van der Waals surface area contributed by atoms with Crippen molar-refractivity contribution in [3.63, 3.8) is 0 Å². The van der Waals surface area contributed by atoms with Crippen molar-refractivity contribution in [3.8, 4) is 5.75 Å². The Labute approximate surface area is 126 Å². The molecule has 1 N–H and O–H groups in total. The first-order valence-electron chi connectivity index (χ1n) is 6.57. The number of hydrogen-bond donors (Lipinski definition) is 1. The van der Waals surface area contributed by atoms with Gasteiger partial charge in [0.25, 0.3) is 0 Å². The first-order valence-corrected chi connectivity index (χ1v) is 7.55. The van der Waals surface area contributed by atoms with Crippen molar-refractivity contribution in [1.82, 2.24) is 0 Å². The molecule has 0 saturated carbocycles. The molecule has 0 aliphatic heterocycles. The van der Waals surface area contributed by atoms with E-state index in [9.17, 15) is 9.90 Å². The molecule has 0 fully saturated rings. The zero-order valence-corrected chi connectivity index (χ0v) is 12.3. The number of phenolic OH excluding ortho intramolecular Hbond substituents is 1. The van der Waals surface area contributed by atoms with Gasteiger partial charge in [0.1, 0.15) is 11.3 Å². The van der Waals surface area contributed by atoms with E-state index in [1.165, 1.54) is 41.1 Å². The molecule has 3 aromatic rings. The fourth-order valence-electron chi connectivity index (χ4n) is 2.03. The third-order valence-electron chi connectivity index (χ3n) is 3.19. The molecule has 21 heavy (non-hydrogen) atoms. The van der Waals surface area contributed by atoms with Gasteiger partial charge in [-0.1, -0.05) is 41.6 Å². The zero-order chi connectivity index (χ0) is 14.8. The fraction of sp³-hybridized carbons (Fsp3) is 0.118. The molecular formula is C17H14O3S. The van der Waals surface area contributed by atoms with Crippen molar-refractivity contribution in [2.24, 2.45) is 0 Å². The summed E-state index contributed by atoms with van der Waals surface area (Å²) in [6.45, 7) is 2.05. The first kappa shape index (κ1) is 13.8. The van der Waals surface area contributed by atoms with Gasteiger partial charge in [-0.25, -0.2) is 0 Å². The van der Waals surface area contributed by atoms with E-state index in [1.807, 2.05) is 6.92 Å². The Kier molecular flexibility index (Phi) is 3.71. The smallest absolute Gasteiger partial charge is 0.193 e. The fourth-order valence-corrected chi connectivity index (χ4v) is 2.87. The lowest BCUT2D eigenvalue weighted by Gasteiger charge is -2.04. The molecule has 4 heteroatoms. The van der Waals surface area contributed by atoms with Crippen LogP contribution in [0, 0.1) is 6.92 Å². The molecule has 0 unspecified atom stereocenters. The van der Waals surface area contributed by atoms with Crippen molar-refractivity contribution in [2.45, 2.75) is 17.8 Å². The summed E-state index contributed by atoms with van der Waals surface area (Å²) in [5, 5.41) is 10.5. The van der Waals surface area contributed by atoms with E-state index in [2.05, 4.69) is 24.3 Å². The maximum atomic E-state index is 12.0. The Balaban J connectivity index is 1.87. The van der Waals surface area contributed by atoms with Gasteiger partial charge in [-0.05, 0) is 24.6 Å². The number of hydrogen-bond acceptors (Lipinski definition) is 4. The highest BCUT2D eigenvalue weighted by molar-refractivity contribution is 7.98. The molecule has 0 aliphatic carbocycles. The van der Waals surface area contributed by atoms with E-state index in [-0.39, 0.29) is 11.2 Å². The lowest BCUT2D eigenvalue weighted by atomic mass is 10.2. The number of rotatable bonds is 3. The van der Waals surface area contributed by atoms with Crippen LogP contribution in [0.25, 0.3) is 11.0 Å². The van der Waals surface area contributed by atoms with E-state index >= 15 is 0 Å². The summed E-state index contributed by atoms with van der Waals surface area (Å²) in [7, 11) is 0. The molecule has 0 spiro atoms. The van der Waals surface area contributed by atoms with Gasteiger partial charge in [-0.2, -0.15) is 0 Å². The number of aryl methyl sites for hydroxylation is 1. The van der Waals surface area contributed by atoms with Crippen LogP contribution in [0.4, 0.5) is 0 Å². The molecule has 1 heterocycles. The molecule has 3 rings (SSSR count). The van der Waals surface area contributed by atoms with Crippen molar-refractivity contribution < 1.29 is 9.52 Å². The normalized spacial score (nSPS) is 10.9. The molecule has 0 saturated heterocycles. The third kappa shape index (κ3) is 3.11. The van der Waals surface area contributed by atoms with Gasteiger partial charge in [0, 0.05) is 17.9 Å². The summed E-state index contributed by atoms with van der Waals surface area (Å²) in [6.07, 6.45) is 0. The highest BCUT2D eigenvalue weighted by Crippen LogP contribution is 2.26. The van der Waals surface area contributed by atoms with Gasteiger partial charge in [-0.3, -0.25) is 4.79 Å². The minimum atomic E-state index is -0.0948. The van der Waals surface area contributed by atoms with Gasteiger partial charge in [-0.15, -0.1) is 0 Å².